The van der Waals surface area contributed by atoms with Crippen LogP contribution < -0.4 is 10.1 Å². The summed E-state index contributed by atoms with van der Waals surface area (Å²) in [6.07, 6.45) is 1.85. The molecule has 5 heteroatoms. The maximum absolute atomic E-state index is 5.86. The molecule has 0 aliphatic rings. The van der Waals surface area contributed by atoms with Crippen LogP contribution in [0.25, 0.3) is 0 Å². The second kappa shape index (κ2) is 9.90. The van der Waals surface area contributed by atoms with Crippen LogP contribution in [0, 0.1) is 0 Å². The highest BCUT2D eigenvalue weighted by Crippen LogP contribution is 2.27. The molecule has 0 radical (unpaired) electrons. The van der Waals surface area contributed by atoms with Crippen molar-refractivity contribution in [2.24, 2.45) is 0 Å². The maximum Gasteiger partial charge on any atom is 0.134 e. The van der Waals surface area contributed by atoms with Gasteiger partial charge in [-0.3, -0.25) is 0 Å². The molecule has 0 fully saturated rings. The lowest BCUT2D eigenvalue weighted by Gasteiger charge is -2.10. The van der Waals surface area contributed by atoms with Crippen molar-refractivity contribution in [1.29, 1.82) is 0 Å². The van der Waals surface area contributed by atoms with E-state index in [0.717, 1.165) is 33.9 Å². The van der Waals surface area contributed by atoms with Crippen LogP contribution in [0.3, 0.4) is 0 Å². The van der Waals surface area contributed by atoms with Crippen LogP contribution in [0.4, 0.5) is 0 Å². The van der Waals surface area contributed by atoms with Crippen molar-refractivity contribution in [1.82, 2.24) is 5.32 Å². The summed E-state index contributed by atoms with van der Waals surface area (Å²) in [5.41, 5.74) is 2.28. The van der Waals surface area contributed by atoms with Crippen molar-refractivity contribution in [2.75, 3.05) is 6.54 Å². The molecule has 2 aromatic carbocycles. The van der Waals surface area contributed by atoms with Crippen LogP contribution in [0.15, 0.2) is 59.6 Å². The van der Waals surface area contributed by atoms with Gasteiger partial charge in [0.05, 0.1) is 4.47 Å². The predicted molar refractivity (Wildman–Crippen MR) is 99.1 cm³/mol. The van der Waals surface area contributed by atoms with E-state index < -0.39 is 0 Å². The fourth-order valence-electron chi connectivity index (χ4n) is 1.83. The largest absolute Gasteiger partial charge is 0.488 e. The van der Waals surface area contributed by atoms with E-state index in [1.807, 2.05) is 36.4 Å². The van der Waals surface area contributed by atoms with Crippen molar-refractivity contribution < 1.29 is 4.74 Å². The van der Waals surface area contributed by atoms with Gasteiger partial charge in [0, 0.05) is 18.1 Å². The van der Waals surface area contributed by atoms with Gasteiger partial charge in [0.25, 0.3) is 0 Å². The molecule has 0 unspecified atom stereocenters. The molecular weight excluding hydrogens is 385 g/mol. The smallest absolute Gasteiger partial charge is 0.134 e. The molecule has 0 atom stereocenters. The summed E-state index contributed by atoms with van der Waals surface area (Å²) in [6, 6.07) is 13.7. The highest BCUT2D eigenvalue weighted by Gasteiger charge is 2.03. The highest BCUT2D eigenvalue weighted by atomic mass is 79.9. The van der Waals surface area contributed by atoms with E-state index in [1.165, 1.54) is 5.56 Å². The number of halogens is 3. The second-order valence-electron chi connectivity index (χ2n) is 4.60. The molecule has 118 valence electrons. The van der Waals surface area contributed by atoms with Gasteiger partial charge in [0.15, 0.2) is 0 Å². The number of nitrogens with one attached hydrogen (secondary N) is 1. The van der Waals surface area contributed by atoms with Crippen molar-refractivity contribution in [3.05, 3.63) is 75.7 Å². The first-order chi connectivity index (χ1) is 10.2. The fraction of sp³-hybridized carbons (Fsp3) is 0.176. The van der Waals surface area contributed by atoms with Crippen LogP contribution in [0.2, 0.25) is 5.02 Å². The van der Waals surface area contributed by atoms with E-state index >= 15 is 0 Å². The highest BCUT2D eigenvalue weighted by molar-refractivity contribution is 9.10. The van der Waals surface area contributed by atoms with Crippen LogP contribution >= 0.6 is 39.9 Å². The molecular formula is C17H18BrCl2NO. The minimum Gasteiger partial charge on any atom is -0.488 e. The summed E-state index contributed by atoms with van der Waals surface area (Å²) in [5, 5.41) is 4.00. The zero-order chi connectivity index (χ0) is 15.1. The Kier molecular flexibility index (Phi) is 8.57. The first-order valence-corrected chi connectivity index (χ1v) is 7.83. The Morgan fingerprint density at radius 2 is 1.82 bits per heavy atom. The third-order valence-corrected chi connectivity index (χ3v) is 3.79. The Morgan fingerprint density at radius 1 is 1.14 bits per heavy atom. The van der Waals surface area contributed by atoms with E-state index in [9.17, 15) is 0 Å². The quantitative estimate of drug-likeness (QED) is 0.495. The molecule has 0 saturated carbocycles. The summed E-state index contributed by atoms with van der Waals surface area (Å²) >= 11 is 9.41. The number of rotatable bonds is 7. The Balaban J connectivity index is 0.00000242. The van der Waals surface area contributed by atoms with Crippen molar-refractivity contribution in [2.45, 2.75) is 13.2 Å². The Labute approximate surface area is 151 Å². The summed E-state index contributed by atoms with van der Waals surface area (Å²) in [6.45, 7) is 5.81. The van der Waals surface area contributed by atoms with Crippen molar-refractivity contribution in [3.8, 4) is 5.75 Å². The standard InChI is InChI=1S/C17H17BrClNO.ClH/c1-2-9-20-11-14-5-8-17(16(18)10-14)21-12-13-3-6-15(19)7-4-13;/h2-8,10,20H,1,9,11-12H2;1H. The van der Waals surface area contributed by atoms with Gasteiger partial charge in [-0.25, -0.2) is 0 Å². The Bertz CT molecular complexity index is 602. The molecule has 2 aromatic rings. The van der Waals surface area contributed by atoms with Crippen LogP contribution in [-0.4, -0.2) is 6.54 Å². The summed E-state index contributed by atoms with van der Waals surface area (Å²) in [5.74, 6) is 0.831. The Morgan fingerprint density at radius 3 is 2.45 bits per heavy atom. The van der Waals surface area contributed by atoms with Gasteiger partial charge < -0.3 is 10.1 Å². The first kappa shape index (κ1) is 19.0. The molecule has 0 aromatic heterocycles. The van der Waals surface area contributed by atoms with E-state index in [2.05, 4.69) is 40.0 Å². The minimum absolute atomic E-state index is 0. The monoisotopic (exact) mass is 401 g/mol. The lowest BCUT2D eigenvalue weighted by Crippen LogP contribution is -2.12. The number of benzene rings is 2. The molecule has 2 rings (SSSR count). The average Bonchev–Trinajstić information content (AvgIpc) is 2.48. The lowest BCUT2D eigenvalue weighted by atomic mass is 10.2. The van der Waals surface area contributed by atoms with Crippen molar-refractivity contribution in [3.63, 3.8) is 0 Å². The third kappa shape index (κ3) is 6.01. The van der Waals surface area contributed by atoms with E-state index in [4.69, 9.17) is 16.3 Å². The molecule has 0 bridgehead atoms. The maximum atomic E-state index is 5.86. The first-order valence-electron chi connectivity index (χ1n) is 6.66. The molecule has 0 spiro atoms. The molecule has 0 aliphatic carbocycles. The average molecular weight is 403 g/mol. The molecule has 1 N–H and O–H groups in total. The normalized spacial score (nSPS) is 9.91. The molecule has 0 aliphatic heterocycles. The molecule has 2 nitrogen and oxygen atoms in total. The zero-order valence-corrected chi connectivity index (χ0v) is 15.2. The van der Waals surface area contributed by atoms with Gasteiger partial charge >= 0.3 is 0 Å². The second-order valence-corrected chi connectivity index (χ2v) is 5.89. The molecule has 0 heterocycles. The van der Waals surface area contributed by atoms with E-state index in [0.29, 0.717) is 6.61 Å². The molecule has 22 heavy (non-hydrogen) atoms. The SMILES string of the molecule is C=CCNCc1ccc(OCc2ccc(Cl)cc2)c(Br)c1.Cl. The van der Waals surface area contributed by atoms with Crippen LogP contribution in [0.5, 0.6) is 5.75 Å². The van der Waals surface area contributed by atoms with Gasteiger partial charge in [-0.15, -0.1) is 19.0 Å². The van der Waals surface area contributed by atoms with Crippen molar-refractivity contribution >= 4 is 39.9 Å². The van der Waals surface area contributed by atoms with Gasteiger partial charge in [0.1, 0.15) is 12.4 Å². The van der Waals surface area contributed by atoms with Gasteiger partial charge in [-0.05, 0) is 51.3 Å². The fourth-order valence-corrected chi connectivity index (χ4v) is 2.50. The summed E-state index contributed by atoms with van der Waals surface area (Å²) in [7, 11) is 0. The number of hydrogen-bond donors (Lipinski definition) is 1. The zero-order valence-electron chi connectivity index (χ0n) is 12.0. The number of hydrogen-bond acceptors (Lipinski definition) is 2. The topological polar surface area (TPSA) is 21.3 Å². The number of ether oxygens (including phenoxy) is 1. The van der Waals surface area contributed by atoms with Gasteiger partial charge in [-0.1, -0.05) is 35.9 Å². The molecule has 0 saturated heterocycles. The van der Waals surface area contributed by atoms with E-state index in [-0.39, 0.29) is 12.4 Å². The van der Waals surface area contributed by atoms with Crippen LogP contribution in [-0.2, 0) is 13.2 Å². The summed E-state index contributed by atoms with van der Waals surface area (Å²) in [4.78, 5) is 0. The van der Waals surface area contributed by atoms with Crippen LogP contribution in [0.1, 0.15) is 11.1 Å². The minimum atomic E-state index is 0. The summed E-state index contributed by atoms with van der Waals surface area (Å²) < 4.78 is 6.77. The Hall–Kier alpha value is -1.000. The lowest BCUT2D eigenvalue weighted by molar-refractivity contribution is 0.304. The van der Waals surface area contributed by atoms with Gasteiger partial charge in [0.2, 0.25) is 0 Å². The third-order valence-electron chi connectivity index (χ3n) is 2.92. The molecule has 0 amide bonds. The van der Waals surface area contributed by atoms with E-state index in [1.54, 1.807) is 0 Å². The van der Waals surface area contributed by atoms with Gasteiger partial charge in [-0.2, -0.15) is 0 Å². The predicted octanol–water partition coefficient (Wildman–Crippen LogP) is 5.38.